The molecule has 0 nitrogen and oxygen atoms in total. The number of rotatable bonds is 6. The summed E-state index contributed by atoms with van der Waals surface area (Å²) >= 11 is 2.27. The average molecular weight is 447 g/mol. The first-order chi connectivity index (χ1) is 11.5. The van der Waals surface area contributed by atoms with Gasteiger partial charge >= 0.3 is 38.5 Å². The van der Waals surface area contributed by atoms with E-state index < -0.39 is 0 Å². The molecule has 0 amide bonds. The van der Waals surface area contributed by atoms with Crippen LogP contribution < -0.4 is 24.8 Å². The van der Waals surface area contributed by atoms with E-state index in [0.29, 0.717) is 0 Å². The van der Waals surface area contributed by atoms with E-state index in [2.05, 4.69) is 84.3 Å². The zero-order chi connectivity index (χ0) is 18.4. The Labute approximate surface area is 188 Å². The van der Waals surface area contributed by atoms with Gasteiger partial charge in [-0.1, -0.05) is 53.4 Å². The van der Waals surface area contributed by atoms with Gasteiger partial charge in [-0.2, -0.15) is 11.1 Å². The third-order valence-electron chi connectivity index (χ3n) is 3.75. The van der Waals surface area contributed by atoms with E-state index in [4.69, 9.17) is 0 Å². The molecule has 0 radical (unpaired) electrons. The van der Waals surface area contributed by atoms with Crippen molar-refractivity contribution in [1.29, 1.82) is 0 Å². The summed E-state index contributed by atoms with van der Waals surface area (Å²) in [6.45, 7) is 13.4. The van der Waals surface area contributed by atoms with E-state index in [1.807, 2.05) is 0 Å². The molecule has 0 aromatic rings. The van der Waals surface area contributed by atoms with Crippen molar-refractivity contribution in [3.8, 4) is 0 Å². The second-order valence-electron chi connectivity index (χ2n) is 6.57. The summed E-state index contributed by atoms with van der Waals surface area (Å²) < 4.78 is 0. The van der Waals surface area contributed by atoms with Gasteiger partial charge in [-0.05, 0) is 12.8 Å². The van der Waals surface area contributed by atoms with Crippen LogP contribution in [0.3, 0.4) is 0 Å². The van der Waals surface area contributed by atoms with Crippen molar-refractivity contribution < 1.29 is 44.0 Å². The van der Waals surface area contributed by atoms with Crippen LogP contribution in [0, 0.1) is 12.2 Å². The van der Waals surface area contributed by atoms with Gasteiger partial charge in [0.2, 0.25) is 0 Å². The maximum Gasteiger partial charge on any atom is -1.00 e. The van der Waals surface area contributed by atoms with Crippen LogP contribution in [-0.2, 0) is 19.2 Å². The molecular weight excluding hydrogens is 411 g/mol. The van der Waals surface area contributed by atoms with Gasteiger partial charge in [0.25, 0.3) is 0 Å². The molecule has 0 unspecified atom stereocenters. The minimum atomic E-state index is 0. The van der Waals surface area contributed by atoms with Crippen LogP contribution in [0.2, 0.25) is 13.1 Å². The fraction of sp³-hybridized carbons (Fsp3) is 0.636. The standard InChI is InChI=1S/2C10H15.C2H6Si.2ClH.Ti/c2*1-3-5-10-7-6-9(4-2)8-10;1-3-2;;;/h2*8H,3-5,7H2,1-2H3;1-2H3;2*1H;/q2*-1;;;;+2/p-2. The Morgan fingerprint density at radius 1 is 0.808 bits per heavy atom. The van der Waals surface area contributed by atoms with Gasteiger partial charge in [-0.25, -0.2) is 23.3 Å². The first-order valence-electron chi connectivity index (χ1n) is 9.56. The quantitative estimate of drug-likeness (QED) is 0.426. The summed E-state index contributed by atoms with van der Waals surface area (Å²) in [5.74, 6) is 0. The van der Waals surface area contributed by atoms with Gasteiger partial charge in [-0.3, -0.25) is 12.2 Å². The monoisotopic (exact) mass is 446 g/mol. The van der Waals surface area contributed by atoms with Crippen LogP contribution in [0.25, 0.3) is 0 Å². The van der Waals surface area contributed by atoms with Gasteiger partial charge in [0.15, 0.2) is 0 Å². The number of allylic oxidation sites excluding steroid dienone is 8. The summed E-state index contributed by atoms with van der Waals surface area (Å²) in [6, 6.07) is 0. The van der Waals surface area contributed by atoms with E-state index in [1.54, 1.807) is 11.1 Å². The van der Waals surface area contributed by atoms with Crippen molar-refractivity contribution in [3.05, 3.63) is 46.6 Å². The molecule has 0 aromatic heterocycles. The van der Waals surface area contributed by atoms with Crippen LogP contribution in [-0.4, -0.2) is 6.19 Å². The maximum absolute atomic E-state index is 3.37. The first-order valence-corrected chi connectivity index (χ1v) is 14.4. The number of hydrogen-bond acceptors (Lipinski definition) is 0. The van der Waals surface area contributed by atoms with Crippen molar-refractivity contribution in [2.75, 3.05) is 0 Å². The third-order valence-corrected chi connectivity index (χ3v) is 3.75. The summed E-state index contributed by atoms with van der Waals surface area (Å²) in [4.78, 5) is 0. The maximum atomic E-state index is 3.37. The third kappa shape index (κ3) is 16.6. The molecule has 0 fully saturated rings. The molecule has 0 bridgehead atoms. The van der Waals surface area contributed by atoms with Gasteiger partial charge in [0.05, 0.1) is 0 Å². The van der Waals surface area contributed by atoms with E-state index in [-0.39, 0.29) is 31.0 Å². The van der Waals surface area contributed by atoms with Crippen LogP contribution in [0.15, 0.2) is 34.4 Å². The molecule has 4 heteroatoms. The molecule has 2 aliphatic carbocycles. The van der Waals surface area contributed by atoms with Crippen LogP contribution >= 0.6 is 0 Å². The number of hydrogen-bond donors (Lipinski definition) is 0. The molecule has 0 N–H and O–H groups in total. The predicted molar refractivity (Wildman–Crippen MR) is 107 cm³/mol. The van der Waals surface area contributed by atoms with Crippen molar-refractivity contribution in [2.24, 2.45) is 0 Å². The molecule has 26 heavy (non-hydrogen) atoms. The molecule has 0 saturated carbocycles. The van der Waals surface area contributed by atoms with Crippen molar-refractivity contribution in [2.45, 2.75) is 92.2 Å². The van der Waals surface area contributed by atoms with E-state index >= 15 is 0 Å². The molecule has 0 atom stereocenters. The van der Waals surface area contributed by atoms with Gasteiger partial charge in [0, 0.05) is 0 Å². The fourth-order valence-electron chi connectivity index (χ4n) is 2.57. The summed E-state index contributed by atoms with van der Waals surface area (Å²) in [5.41, 5.74) is 5.95. The van der Waals surface area contributed by atoms with Gasteiger partial charge in [0.1, 0.15) is 0 Å². The minimum Gasteiger partial charge on any atom is -1.00 e. The Balaban J connectivity index is -0.000000319. The van der Waals surface area contributed by atoms with Crippen molar-refractivity contribution in [3.63, 3.8) is 0 Å². The Bertz CT molecular complexity index is 458. The smallest absolute Gasteiger partial charge is 1.00 e. The zero-order valence-electron chi connectivity index (χ0n) is 17.6. The van der Waals surface area contributed by atoms with Crippen molar-refractivity contribution in [1.82, 2.24) is 0 Å². The predicted octanol–water partition coefficient (Wildman–Crippen LogP) is 1.30. The zero-order valence-corrected chi connectivity index (χ0v) is 21.6. The molecule has 0 spiro atoms. The molecule has 0 aliphatic heterocycles. The minimum absolute atomic E-state index is 0. The average Bonchev–Trinajstić information content (AvgIpc) is 3.17. The normalized spacial score (nSPS) is 14.2. The molecule has 0 heterocycles. The van der Waals surface area contributed by atoms with Crippen LogP contribution in [0.4, 0.5) is 0 Å². The van der Waals surface area contributed by atoms with E-state index in [9.17, 15) is 0 Å². The fourth-order valence-corrected chi connectivity index (χ4v) is 2.57. The summed E-state index contributed by atoms with van der Waals surface area (Å²) in [7, 11) is 0. The molecule has 0 saturated heterocycles. The first kappa shape index (κ1) is 31.2. The van der Waals surface area contributed by atoms with Gasteiger partial charge < -0.3 is 24.8 Å². The van der Waals surface area contributed by atoms with Gasteiger partial charge in [-0.15, -0.1) is 12.8 Å². The SMILES string of the molecule is CCCC1=CC(CC)=[C-]C1.CCCC1=CC(CC)=[C-]C1.C[Si](C)=[Ti+2].[Cl-].[Cl-]. The molecule has 0 aromatic carbocycles. The summed E-state index contributed by atoms with van der Waals surface area (Å²) in [5, 5.41) is 0. The molecule has 2 rings (SSSR count). The van der Waals surface area contributed by atoms with Crippen LogP contribution in [0.5, 0.6) is 0 Å². The Morgan fingerprint density at radius 3 is 1.31 bits per heavy atom. The number of halogens is 2. The largest absolute Gasteiger partial charge is 1.00 e. The van der Waals surface area contributed by atoms with Crippen molar-refractivity contribution >= 4 is 6.19 Å². The molecular formula is C22H36Cl2SiTi-2. The Kier molecular flexibility index (Phi) is 24.2. The second kappa shape index (κ2) is 20.2. The Hall–Kier alpha value is 0.471. The molecule has 2 aliphatic rings. The van der Waals surface area contributed by atoms with E-state index in [0.717, 1.165) is 25.7 Å². The topological polar surface area (TPSA) is 0 Å². The molecule has 148 valence electrons. The Morgan fingerprint density at radius 2 is 1.12 bits per heavy atom. The van der Waals surface area contributed by atoms with Crippen LogP contribution in [0.1, 0.15) is 79.1 Å². The van der Waals surface area contributed by atoms with E-state index in [1.165, 1.54) is 36.8 Å². The second-order valence-corrected chi connectivity index (χ2v) is 13.3. The summed E-state index contributed by atoms with van der Waals surface area (Å²) in [6.07, 6.45) is 21.0.